The number of hydrogen-bond acceptors (Lipinski definition) is 4. The van der Waals surface area contributed by atoms with Gasteiger partial charge in [0.15, 0.2) is 11.6 Å². The van der Waals surface area contributed by atoms with Crippen molar-refractivity contribution in [3.63, 3.8) is 0 Å². The van der Waals surface area contributed by atoms with Crippen molar-refractivity contribution >= 4 is 11.7 Å². The number of hydrogen-bond donors (Lipinski definition) is 2. The number of anilines is 1. The van der Waals surface area contributed by atoms with Crippen LogP contribution in [0.25, 0.3) is 0 Å². The smallest absolute Gasteiger partial charge is 0.253 e. The van der Waals surface area contributed by atoms with Gasteiger partial charge in [0.25, 0.3) is 5.91 Å². The SMILES string of the molecule is O=C(N[C@H]1COc2c(F)ccc(F)c2C1)c1cnc2c(c1)[C@H]1C[C@H]1CN2. The number of carbonyl (C=O) groups excluding carboxylic acids is 1. The molecule has 3 aliphatic rings. The highest BCUT2D eigenvalue weighted by Gasteiger charge is 2.43. The number of carbonyl (C=O) groups is 1. The minimum atomic E-state index is -0.587. The zero-order valence-corrected chi connectivity index (χ0v) is 13.9. The molecule has 0 saturated heterocycles. The second kappa shape index (κ2) is 5.65. The van der Waals surface area contributed by atoms with E-state index in [9.17, 15) is 13.6 Å². The van der Waals surface area contributed by atoms with E-state index in [1.807, 2.05) is 6.07 Å². The number of fused-ring (bicyclic) bond motifs is 4. The van der Waals surface area contributed by atoms with E-state index >= 15 is 0 Å². The fraction of sp³-hybridized carbons (Fsp3) is 0.368. The van der Waals surface area contributed by atoms with Gasteiger partial charge in [-0.3, -0.25) is 4.79 Å². The summed E-state index contributed by atoms with van der Waals surface area (Å²) in [6, 6.07) is 3.58. The van der Waals surface area contributed by atoms with Crippen LogP contribution in [0.1, 0.15) is 33.8 Å². The summed E-state index contributed by atoms with van der Waals surface area (Å²) in [5, 5.41) is 6.13. The van der Waals surface area contributed by atoms with E-state index in [1.165, 1.54) is 0 Å². The number of pyridine rings is 1. The number of rotatable bonds is 2. The average Bonchev–Trinajstić information content (AvgIpc) is 3.45. The standard InChI is InChI=1S/C19H17F2N3O2/c20-15-1-2-16(21)17-14(15)5-11(8-26-17)24-19(25)10-4-13-12-3-9(12)6-22-18(13)23-7-10/h1-2,4,7,9,11-12H,3,5-6,8H2,(H,22,23)(H,24,25)/t9-,11+,12-/m0/s1. The predicted octanol–water partition coefficient (Wildman–Crippen LogP) is 2.62. The monoisotopic (exact) mass is 357 g/mol. The van der Waals surface area contributed by atoms with E-state index in [2.05, 4.69) is 15.6 Å². The molecule has 0 radical (unpaired) electrons. The summed E-state index contributed by atoms with van der Waals surface area (Å²) < 4.78 is 33.0. The summed E-state index contributed by atoms with van der Waals surface area (Å²) in [5.41, 5.74) is 1.73. The molecule has 1 amide bonds. The molecule has 0 spiro atoms. The Kier molecular flexibility index (Phi) is 3.38. The maximum Gasteiger partial charge on any atom is 0.253 e. The first kappa shape index (κ1) is 15.5. The maximum absolute atomic E-state index is 13.9. The van der Waals surface area contributed by atoms with Gasteiger partial charge in [0.2, 0.25) is 0 Å². The van der Waals surface area contributed by atoms with Crippen LogP contribution in [0.15, 0.2) is 24.4 Å². The Labute approximate surface area is 148 Å². The third kappa shape index (κ3) is 2.50. The van der Waals surface area contributed by atoms with Gasteiger partial charge < -0.3 is 15.4 Å². The molecule has 5 rings (SSSR count). The lowest BCUT2D eigenvalue weighted by atomic mass is 10.0. The molecule has 2 aliphatic heterocycles. The average molecular weight is 357 g/mol. The van der Waals surface area contributed by atoms with Crippen molar-refractivity contribution in [2.75, 3.05) is 18.5 Å². The van der Waals surface area contributed by atoms with Crippen LogP contribution in [0.3, 0.4) is 0 Å². The predicted molar refractivity (Wildman–Crippen MR) is 90.4 cm³/mol. The molecule has 134 valence electrons. The molecule has 5 nitrogen and oxygen atoms in total. The van der Waals surface area contributed by atoms with E-state index in [0.29, 0.717) is 17.4 Å². The summed E-state index contributed by atoms with van der Waals surface area (Å²) in [5.74, 6) is 0.539. The van der Waals surface area contributed by atoms with Crippen LogP contribution in [-0.4, -0.2) is 30.1 Å². The Morgan fingerprint density at radius 3 is 3.04 bits per heavy atom. The van der Waals surface area contributed by atoms with E-state index in [4.69, 9.17) is 4.74 Å². The fourth-order valence-corrected chi connectivity index (χ4v) is 3.89. The fourth-order valence-electron chi connectivity index (χ4n) is 3.89. The van der Waals surface area contributed by atoms with Crippen LogP contribution >= 0.6 is 0 Å². The highest BCUT2D eigenvalue weighted by molar-refractivity contribution is 5.94. The minimum absolute atomic E-state index is 0.0585. The first-order valence-corrected chi connectivity index (χ1v) is 8.74. The summed E-state index contributed by atoms with van der Waals surface area (Å²) in [6.07, 6.45) is 2.86. The normalized spacial score (nSPS) is 25.1. The van der Waals surface area contributed by atoms with Gasteiger partial charge in [-0.15, -0.1) is 0 Å². The minimum Gasteiger partial charge on any atom is -0.488 e. The quantitative estimate of drug-likeness (QED) is 0.867. The van der Waals surface area contributed by atoms with Gasteiger partial charge in [-0.25, -0.2) is 13.8 Å². The maximum atomic E-state index is 13.9. The molecule has 3 atom stereocenters. The summed E-state index contributed by atoms with van der Waals surface area (Å²) in [6.45, 7) is 1.04. The topological polar surface area (TPSA) is 63.2 Å². The number of benzene rings is 1. The second-order valence-electron chi connectivity index (χ2n) is 7.17. The van der Waals surface area contributed by atoms with Crippen molar-refractivity contribution in [2.45, 2.75) is 24.8 Å². The van der Waals surface area contributed by atoms with Crippen LogP contribution < -0.4 is 15.4 Å². The number of ether oxygens (including phenoxy) is 1. The second-order valence-corrected chi connectivity index (χ2v) is 7.17. The Bertz CT molecular complexity index is 918. The zero-order chi connectivity index (χ0) is 17.8. The Morgan fingerprint density at radius 2 is 2.15 bits per heavy atom. The first-order valence-electron chi connectivity index (χ1n) is 8.74. The Hall–Kier alpha value is -2.70. The molecular formula is C19H17F2N3O2. The third-order valence-corrected chi connectivity index (χ3v) is 5.40. The van der Waals surface area contributed by atoms with Crippen molar-refractivity contribution in [3.05, 3.63) is 52.7 Å². The summed E-state index contributed by atoms with van der Waals surface area (Å²) >= 11 is 0. The van der Waals surface area contributed by atoms with Crippen molar-refractivity contribution in [1.29, 1.82) is 0 Å². The van der Waals surface area contributed by atoms with Crippen LogP contribution in [-0.2, 0) is 6.42 Å². The van der Waals surface area contributed by atoms with Gasteiger partial charge in [0.1, 0.15) is 18.2 Å². The van der Waals surface area contributed by atoms with Crippen LogP contribution in [0, 0.1) is 17.6 Å². The van der Waals surface area contributed by atoms with Gasteiger partial charge in [-0.05, 0) is 42.0 Å². The largest absolute Gasteiger partial charge is 0.488 e. The van der Waals surface area contributed by atoms with Crippen LogP contribution in [0.4, 0.5) is 14.6 Å². The molecule has 0 unspecified atom stereocenters. The summed E-state index contributed by atoms with van der Waals surface area (Å²) in [7, 11) is 0. The molecule has 1 aromatic heterocycles. The molecule has 0 bridgehead atoms. The molecular weight excluding hydrogens is 340 g/mol. The number of aromatic nitrogens is 1. The van der Waals surface area contributed by atoms with E-state index in [0.717, 1.165) is 36.5 Å². The lowest BCUT2D eigenvalue weighted by Gasteiger charge is -2.26. The van der Waals surface area contributed by atoms with Gasteiger partial charge in [0.05, 0.1) is 11.6 Å². The highest BCUT2D eigenvalue weighted by atomic mass is 19.1. The molecule has 1 aliphatic carbocycles. The lowest BCUT2D eigenvalue weighted by Crippen LogP contribution is -2.43. The van der Waals surface area contributed by atoms with Crippen molar-refractivity contribution in [2.24, 2.45) is 5.92 Å². The molecule has 1 fully saturated rings. The highest BCUT2D eigenvalue weighted by Crippen LogP contribution is 2.52. The van der Waals surface area contributed by atoms with E-state index in [1.54, 1.807) is 6.20 Å². The molecule has 2 N–H and O–H groups in total. The zero-order valence-electron chi connectivity index (χ0n) is 13.9. The van der Waals surface area contributed by atoms with E-state index in [-0.39, 0.29) is 30.2 Å². The molecule has 26 heavy (non-hydrogen) atoms. The Morgan fingerprint density at radius 1 is 1.31 bits per heavy atom. The molecule has 2 aromatic rings. The van der Waals surface area contributed by atoms with Gasteiger partial charge >= 0.3 is 0 Å². The number of amides is 1. The molecule has 1 saturated carbocycles. The molecule has 3 heterocycles. The summed E-state index contributed by atoms with van der Waals surface area (Å²) in [4.78, 5) is 16.9. The first-order chi connectivity index (χ1) is 12.6. The number of nitrogens with one attached hydrogen (secondary N) is 2. The van der Waals surface area contributed by atoms with Gasteiger partial charge in [0, 0.05) is 24.7 Å². The van der Waals surface area contributed by atoms with Gasteiger partial charge in [-0.2, -0.15) is 0 Å². The Balaban J connectivity index is 1.33. The lowest BCUT2D eigenvalue weighted by molar-refractivity contribution is 0.0912. The van der Waals surface area contributed by atoms with Crippen LogP contribution in [0.5, 0.6) is 5.75 Å². The van der Waals surface area contributed by atoms with Gasteiger partial charge in [-0.1, -0.05) is 0 Å². The van der Waals surface area contributed by atoms with Crippen molar-refractivity contribution in [3.8, 4) is 5.75 Å². The number of nitrogens with zero attached hydrogens (tertiary/aromatic N) is 1. The number of halogens is 2. The van der Waals surface area contributed by atoms with Crippen molar-refractivity contribution < 1.29 is 18.3 Å². The molecule has 1 aromatic carbocycles. The molecule has 7 heteroatoms. The van der Waals surface area contributed by atoms with Crippen LogP contribution in [0.2, 0.25) is 0 Å². The van der Waals surface area contributed by atoms with E-state index < -0.39 is 17.7 Å². The third-order valence-electron chi connectivity index (χ3n) is 5.40. The van der Waals surface area contributed by atoms with Crippen molar-refractivity contribution in [1.82, 2.24) is 10.3 Å².